The molecule has 1 amide bonds. The number of alkyl halides is 1. The van der Waals surface area contributed by atoms with E-state index in [-0.39, 0.29) is 22.7 Å². The van der Waals surface area contributed by atoms with Gasteiger partial charge in [-0.3, -0.25) is 4.79 Å². The second-order valence-corrected chi connectivity index (χ2v) is 8.00. The van der Waals surface area contributed by atoms with Gasteiger partial charge >= 0.3 is 0 Å². The van der Waals surface area contributed by atoms with Gasteiger partial charge in [0.2, 0.25) is 5.91 Å². The van der Waals surface area contributed by atoms with Crippen molar-refractivity contribution in [3.05, 3.63) is 0 Å². The molecule has 2 nitrogen and oxygen atoms in total. The normalized spacial score (nSPS) is 28.1. The molecular formula is C15H26BrNO. The van der Waals surface area contributed by atoms with Gasteiger partial charge in [-0.05, 0) is 29.1 Å². The summed E-state index contributed by atoms with van der Waals surface area (Å²) in [6.45, 7) is 9.65. The summed E-state index contributed by atoms with van der Waals surface area (Å²) in [6, 6.07) is 0. The highest BCUT2D eigenvalue weighted by atomic mass is 79.9. The number of nitrogens with one attached hydrogen (secondary N) is 1. The van der Waals surface area contributed by atoms with Crippen LogP contribution in [0.2, 0.25) is 0 Å². The standard InChI is InChI=1S/C15H26BrNO/c1-13(2)11(14(13,3)4)12(18)17-10-15(9-16)7-5-6-8-15/h11H,5-10H2,1-4H3,(H,17,18). The molecule has 0 aliphatic heterocycles. The summed E-state index contributed by atoms with van der Waals surface area (Å²) >= 11 is 3.63. The second-order valence-electron chi connectivity index (χ2n) is 7.43. The van der Waals surface area contributed by atoms with Crippen LogP contribution in [0, 0.1) is 22.2 Å². The van der Waals surface area contributed by atoms with Crippen LogP contribution in [0.4, 0.5) is 0 Å². The maximum atomic E-state index is 12.3. The summed E-state index contributed by atoms with van der Waals surface area (Å²) in [5.41, 5.74) is 0.613. The van der Waals surface area contributed by atoms with Crippen LogP contribution in [0.25, 0.3) is 0 Å². The SMILES string of the molecule is CC1(C)C(C(=O)NCC2(CBr)CCCC2)C1(C)C. The molecule has 0 radical (unpaired) electrons. The molecule has 1 N–H and O–H groups in total. The maximum Gasteiger partial charge on any atom is 0.224 e. The number of amides is 1. The van der Waals surface area contributed by atoms with Gasteiger partial charge in [-0.25, -0.2) is 0 Å². The van der Waals surface area contributed by atoms with Gasteiger partial charge in [0.05, 0.1) is 0 Å². The van der Waals surface area contributed by atoms with Crippen LogP contribution in [-0.4, -0.2) is 17.8 Å². The van der Waals surface area contributed by atoms with Crippen molar-refractivity contribution < 1.29 is 4.79 Å². The molecule has 0 saturated heterocycles. The third-order valence-electron chi connectivity index (χ3n) is 5.87. The largest absolute Gasteiger partial charge is 0.355 e. The summed E-state index contributed by atoms with van der Waals surface area (Å²) in [4.78, 5) is 12.3. The molecule has 0 aromatic carbocycles. The van der Waals surface area contributed by atoms with Gasteiger partial charge in [-0.15, -0.1) is 0 Å². The zero-order chi connectivity index (χ0) is 13.6. The maximum absolute atomic E-state index is 12.3. The van der Waals surface area contributed by atoms with E-state index >= 15 is 0 Å². The summed E-state index contributed by atoms with van der Waals surface area (Å²) in [5.74, 6) is 0.441. The summed E-state index contributed by atoms with van der Waals surface area (Å²) in [5, 5.41) is 4.23. The van der Waals surface area contributed by atoms with Crippen molar-refractivity contribution in [1.82, 2.24) is 5.32 Å². The minimum Gasteiger partial charge on any atom is -0.355 e. The molecule has 2 aliphatic carbocycles. The average Bonchev–Trinajstić information content (AvgIpc) is 2.69. The van der Waals surface area contributed by atoms with E-state index in [2.05, 4.69) is 48.9 Å². The van der Waals surface area contributed by atoms with Crippen molar-refractivity contribution >= 4 is 21.8 Å². The van der Waals surface area contributed by atoms with Gasteiger partial charge in [0, 0.05) is 17.8 Å². The number of hydrogen-bond acceptors (Lipinski definition) is 1. The van der Waals surface area contributed by atoms with Crippen LogP contribution in [0.5, 0.6) is 0 Å². The molecule has 2 saturated carbocycles. The first kappa shape index (κ1) is 14.4. The first-order valence-electron chi connectivity index (χ1n) is 7.11. The van der Waals surface area contributed by atoms with Gasteiger partial charge in [0.1, 0.15) is 0 Å². The molecule has 0 atom stereocenters. The second kappa shape index (κ2) is 4.50. The molecule has 2 aliphatic rings. The van der Waals surface area contributed by atoms with Crippen LogP contribution in [0.15, 0.2) is 0 Å². The first-order chi connectivity index (χ1) is 8.27. The van der Waals surface area contributed by atoms with Crippen molar-refractivity contribution in [2.75, 3.05) is 11.9 Å². The fourth-order valence-corrected chi connectivity index (χ4v) is 4.47. The molecule has 0 aromatic heterocycles. The fraction of sp³-hybridized carbons (Fsp3) is 0.933. The van der Waals surface area contributed by atoms with E-state index in [4.69, 9.17) is 0 Å². The lowest BCUT2D eigenvalue weighted by molar-refractivity contribution is -0.123. The van der Waals surface area contributed by atoms with Crippen molar-refractivity contribution in [2.24, 2.45) is 22.2 Å². The van der Waals surface area contributed by atoms with Gasteiger partial charge < -0.3 is 5.32 Å². The smallest absolute Gasteiger partial charge is 0.224 e. The van der Waals surface area contributed by atoms with Gasteiger partial charge in [0.15, 0.2) is 0 Å². The Balaban J connectivity index is 1.90. The quantitative estimate of drug-likeness (QED) is 0.787. The molecule has 0 spiro atoms. The Kier molecular flexibility index (Phi) is 3.59. The molecular weight excluding hydrogens is 290 g/mol. The Morgan fingerprint density at radius 2 is 1.67 bits per heavy atom. The van der Waals surface area contributed by atoms with E-state index in [1.807, 2.05) is 0 Å². The lowest BCUT2D eigenvalue weighted by atomic mass is 9.88. The highest BCUT2D eigenvalue weighted by Crippen LogP contribution is 2.68. The van der Waals surface area contributed by atoms with Crippen LogP contribution in [0.1, 0.15) is 53.4 Å². The van der Waals surface area contributed by atoms with Crippen molar-refractivity contribution in [3.63, 3.8) is 0 Å². The lowest BCUT2D eigenvalue weighted by Gasteiger charge is -2.27. The number of hydrogen-bond donors (Lipinski definition) is 1. The highest BCUT2D eigenvalue weighted by Gasteiger charge is 2.68. The van der Waals surface area contributed by atoms with Crippen molar-refractivity contribution in [3.8, 4) is 0 Å². The topological polar surface area (TPSA) is 29.1 Å². The predicted octanol–water partition coefficient (Wildman–Crippen LogP) is 3.74. The summed E-state index contributed by atoms with van der Waals surface area (Å²) < 4.78 is 0. The van der Waals surface area contributed by atoms with Crippen LogP contribution in [0.3, 0.4) is 0 Å². The van der Waals surface area contributed by atoms with Crippen LogP contribution in [-0.2, 0) is 4.79 Å². The first-order valence-corrected chi connectivity index (χ1v) is 8.23. The lowest BCUT2D eigenvalue weighted by Crippen LogP contribution is -2.38. The number of rotatable bonds is 4. The third-order valence-corrected chi connectivity index (χ3v) is 7.06. The number of carbonyl (C=O) groups is 1. The van der Waals surface area contributed by atoms with E-state index in [1.54, 1.807) is 0 Å². The fourth-order valence-electron chi connectivity index (χ4n) is 3.71. The Hall–Kier alpha value is -0.0500. The molecule has 3 heteroatoms. The van der Waals surface area contributed by atoms with Crippen molar-refractivity contribution in [2.45, 2.75) is 53.4 Å². The molecule has 0 heterocycles. The Morgan fingerprint density at radius 3 is 2.06 bits per heavy atom. The monoisotopic (exact) mass is 315 g/mol. The van der Waals surface area contributed by atoms with E-state index < -0.39 is 0 Å². The highest BCUT2D eigenvalue weighted by molar-refractivity contribution is 9.09. The summed E-state index contributed by atoms with van der Waals surface area (Å²) in [6.07, 6.45) is 5.11. The Bertz CT molecular complexity index is 328. The zero-order valence-corrected chi connectivity index (χ0v) is 13.7. The molecule has 104 valence electrons. The number of carbonyl (C=O) groups excluding carboxylic acids is 1. The molecule has 0 bridgehead atoms. The Labute approximate surface area is 119 Å². The minimum absolute atomic E-state index is 0.147. The van der Waals surface area contributed by atoms with E-state index in [0.717, 1.165) is 11.9 Å². The van der Waals surface area contributed by atoms with E-state index in [0.29, 0.717) is 5.41 Å². The van der Waals surface area contributed by atoms with E-state index in [9.17, 15) is 4.79 Å². The molecule has 0 unspecified atom stereocenters. The minimum atomic E-state index is 0.147. The average molecular weight is 316 g/mol. The van der Waals surface area contributed by atoms with E-state index in [1.165, 1.54) is 25.7 Å². The molecule has 18 heavy (non-hydrogen) atoms. The molecule has 0 aromatic rings. The van der Waals surface area contributed by atoms with Crippen molar-refractivity contribution in [1.29, 1.82) is 0 Å². The van der Waals surface area contributed by atoms with Gasteiger partial charge in [-0.1, -0.05) is 56.5 Å². The third kappa shape index (κ3) is 2.13. The van der Waals surface area contributed by atoms with Crippen LogP contribution >= 0.6 is 15.9 Å². The predicted molar refractivity (Wildman–Crippen MR) is 78.8 cm³/mol. The van der Waals surface area contributed by atoms with Gasteiger partial charge in [-0.2, -0.15) is 0 Å². The Morgan fingerprint density at radius 1 is 1.17 bits per heavy atom. The van der Waals surface area contributed by atoms with Crippen LogP contribution < -0.4 is 5.32 Å². The summed E-state index contributed by atoms with van der Waals surface area (Å²) in [7, 11) is 0. The number of halogens is 1. The van der Waals surface area contributed by atoms with Gasteiger partial charge in [0.25, 0.3) is 0 Å². The molecule has 2 fully saturated rings. The molecule has 2 rings (SSSR count). The zero-order valence-electron chi connectivity index (χ0n) is 12.1.